The predicted octanol–water partition coefficient (Wildman–Crippen LogP) is 2.56. The summed E-state index contributed by atoms with van der Waals surface area (Å²) in [5.41, 5.74) is 0.857. The van der Waals surface area contributed by atoms with Gasteiger partial charge in [0.15, 0.2) is 12.0 Å². The van der Waals surface area contributed by atoms with Gasteiger partial charge in [0, 0.05) is 6.42 Å². The van der Waals surface area contributed by atoms with Gasteiger partial charge in [-0.3, -0.25) is 0 Å². The Morgan fingerprint density at radius 3 is 2.43 bits per heavy atom. The Balaban J connectivity index is 1.71. The van der Waals surface area contributed by atoms with Crippen LogP contribution in [0.25, 0.3) is 0 Å². The van der Waals surface area contributed by atoms with Crippen molar-refractivity contribution >= 4 is 9.84 Å². The van der Waals surface area contributed by atoms with E-state index in [1.807, 2.05) is 30.3 Å². The quantitative estimate of drug-likeness (QED) is 0.862. The predicted molar refractivity (Wildman–Crippen MR) is 78.2 cm³/mol. The van der Waals surface area contributed by atoms with Gasteiger partial charge < -0.3 is 0 Å². The third-order valence-corrected chi connectivity index (χ3v) is 6.50. The second-order valence-corrected chi connectivity index (χ2v) is 8.18. The molecule has 1 aromatic carbocycles. The maximum absolute atomic E-state index is 14.2. The SMILES string of the molecule is O=S(=O)(c1nc2n(n1)[C@H](c1ccccc1)C[C@@H]2F)[C@H]1C[C@H](F)C1. The minimum atomic E-state index is -3.79. The molecule has 5 nitrogen and oxygen atoms in total. The summed E-state index contributed by atoms with van der Waals surface area (Å²) in [6.07, 6.45) is -2.32. The Morgan fingerprint density at radius 1 is 1.09 bits per heavy atom. The van der Waals surface area contributed by atoms with E-state index in [4.69, 9.17) is 0 Å². The van der Waals surface area contributed by atoms with Gasteiger partial charge in [-0.15, -0.1) is 5.10 Å². The first-order valence-electron chi connectivity index (χ1n) is 7.50. The molecule has 0 bridgehead atoms. The van der Waals surface area contributed by atoms with E-state index in [1.54, 1.807) is 0 Å². The molecule has 4 rings (SSSR count). The fourth-order valence-corrected chi connectivity index (χ4v) is 4.78. The molecule has 0 unspecified atom stereocenters. The van der Waals surface area contributed by atoms with Crippen LogP contribution in [0.3, 0.4) is 0 Å². The van der Waals surface area contributed by atoms with Crippen molar-refractivity contribution in [1.82, 2.24) is 14.8 Å². The van der Waals surface area contributed by atoms with E-state index in [9.17, 15) is 17.2 Å². The summed E-state index contributed by atoms with van der Waals surface area (Å²) in [6.45, 7) is 0. The molecule has 0 spiro atoms. The number of hydrogen-bond acceptors (Lipinski definition) is 4. The van der Waals surface area contributed by atoms with Crippen LogP contribution in [-0.4, -0.2) is 34.6 Å². The number of rotatable bonds is 3. The zero-order valence-electron chi connectivity index (χ0n) is 12.1. The standard InChI is InChI=1S/C15H15F2N3O2S/c16-10-6-11(7-10)23(21,22)15-18-14-12(17)8-13(20(14)19-15)9-4-2-1-3-5-9/h1-5,10-13H,6-8H2/t10-,11-,12-,13-/m0/s1. The number of hydrogen-bond donors (Lipinski definition) is 0. The molecule has 2 atom stereocenters. The summed E-state index contributed by atoms with van der Waals surface area (Å²) in [5.74, 6) is 0.0357. The fourth-order valence-electron chi connectivity index (χ4n) is 3.14. The molecular formula is C15H15F2N3O2S. The highest BCUT2D eigenvalue weighted by atomic mass is 32.2. The molecule has 2 aromatic rings. The number of halogens is 2. The van der Waals surface area contributed by atoms with E-state index < -0.39 is 27.4 Å². The lowest BCUT2D eigenvalue weighted by Crippen LogP contribution is -2.37. The lowest BCUT2D eigenvalue weighted by atomic mass is 9.97. The third-order valence-electron chi connectivity index (χ3n) is 4.56. The fraction of sp³-hybridized carbons (Fsp3) is 0.467. The largest absolute Gasteiger partial charge is 0.267 e. The normalized spacial score (nSPS) is 30.0. The third kappa shape index (κ3) is 2.27. The van der Waals surface area contributed by atoms with Gasteiger partial charge in [0.2, 0.25) is 9.84 Å². The first kappa shape index (κ1) is 14.7. The molecule has 23 heavy (non-hydrogen) atoms. The molecule has 0 N–H and O–H groups in total. The van der Waals surface area contributed by atoms with Gasteiger partial charge in [0.05, 0.1) is 11.3 Å². The van der Waals surface area contributed by atoms with E-state index >= 15 is 0 Å². The van der Waals surface area contributed by atoms with Crippen LogP contribution >= 0.6 is 0 Å². The Kier molecular flexibility index (Phi) is 3.26. The molecule has 2 heterocycles. The molecule has 1 aliphatic carbocycles. The molecule has 1 aromatic heterocycles. The van der Waals surface area contributed by atoms with Crippen LogP contribution in [0.5, 0.6) is 0 Å². The van der Waals surface area contributed by atoms with Gasteiger partial charge in [-0.05, 0) is 18.4 Å². The van der Waals surface area contributed by atoms with Crippen LogP contribution in [0.1, 0.15) is 42.9 Å². The lowest BCUT2D eigenvalue weighted by Gasteiger charge is -2.27. The summed E-state index contributed by atoms with van der Waals surface area (Å²) < 4.78 is 53.3. The number of sulfone groups is 1. The minimum Gasteiger partial charge on any atom is -0.247 e. The molecule has 2 aliphatic rings. The Hall–Kier alpha value is -1.83. The monoisotopic (exact) mass is 339 g/mol. The maximum atomic E-state index is 14.2. The number of alkyl halides is 2. The van der Waals surface area contributed by atoms with Crippen molar-refractivity contribution in [3.05, 3.63) is 41.7 Å². The van der Waals surface area contributed by atoms with E-state index in [2.05, 4.69) is 10.1 Å². The highest BCUT2D eigenvalue weighted by Gasteiger charge is 2.44. The van der Waals surface area contributed by atoms with Gasteiger partial charge in [0.1, 0.15) is 6.17 Å². The highest BCUT2D eigenvalue weighted by Crippen LogP contribution is 2.40. The highest BCUT2D eigenvalue weighted by molar-refractivity contribution is 7.91. The lowest BCUT2D eigenvalue weighted by molar-refractivity contribution is 0.213. The molecule has 1 aliphatic heterocycles. The van der Waals surface area contributed by atoms with Crippen molar-refractivity contribution in [3.63, 3.8) is 0 Å². The van der Waals surface area contributed by atoms with Crippen LogP contribution in [0.4, 0.5) is 8.78 Å². The van der Waals surface area contributed by atoms with Gasteiger partial charge in [-0.25, -0.2) is 21.9 Å². The number of aromatic nitrogens is 3. The summed E-state index contributed by atoms with van der Waals surface area (Å²) >= 11 is 0. The summed E-state index contributed by atoms with van der Waals surface area (Å²) in [6, 6.07) is 8.86. The average molecular weight is 339 g/mol. The van der Waals surface area contributed by atoms with Crippen molar-refractivity contribution in [3.8, 4) is 0 Å². The second-order valence-electron chi connectivity index (χ2n) is 6.06. The van der Waals surface area contributed by atoms with Gasteiger partial charge in [-0.2, -0.15) is 4.98 Å². The Morgan fingerprint density at radius 2 is 1.78 bits per heavy atom. The van der Waals surface area contributed by atoms with Crippen molar-refractivity contribution < 1.29 is 17.2 Å². The first-order valence-corrected chi connectivity index (χ1v) is 9.05. The molecule has 0 amide bonds. The molecule has 0 saturated heterocycles. The molecule has 1 saturated carbocycles. The zero-order chi connectivity index (χ0) is 16.2. The van der Waals surface area contributed by atoms with Crippen molar-refractivity contribution in [2.24, 2.45) is 0 Å². The van der Waals surface area contributed by atoms with Gasteiger partial charge in [0.25, 0.3) is 5.16 Å². The molecule has 0 radical (unpaired) electrons. The summed E-state index contributed by atoms with van der Waals surface area (Å²) in [4.78, 5) is 3.91. The summed E-state index contributed by atoms with van der Waals surface area (Å²) in [5, 5.41) is 2.87. The Bertz CT molecular complexity index is 832. The van der Waals surface area contributed by atoms with Crippen LogP contribution in [0.15, 0.2) is 35.5 Å². The van der Waals surface area contributed by atoms with E-state index in [1.165, 1.54) is 4.68 Å². The van der Waals surface area contributed by atoms with E-state index in [0.717, 1.165) is 5.56 Å². The van der Waals surface area contributed by atoms with Gasteiger partial charge >= 0.3 is 0 Å². The van der Waals surface area contributed by atoms with Crippen LogP contribution in [0.2, 0.25) is 0 Å². The second kappa shape index (κ2) is 5.09. The number of nitrogens with zero attached hydrogens (tertiary/aromatic N) is 3. The van der Waals surface area contributed by atoms with Crippen molar-refractivity contribution in [1.29, 1.82) is 0 Å². The van der Waals surface area contributed by atoms with E-state index in [-0.39, 0.29) is 36.3 Å². The van der Waals surface area contributed by atoms with Crippen molar-refractivity contribution in [2.75, 3.05) is 0 Å². The van der Waals surface area contributed by atoms with Gasteiger partial charge in [-0.1, -0.05) is 30.3 Å². The molecule has 122 valence electrons. The Labute approximate surface area is 132 Å². The van der Waals surface area contributed by atoms with Crippen LogP contribution < -0.4 is 0 Å². The summed E-state index contributed by atoms with van der Waals surface area (Å²) in [7, 11) is -3.79. The molecular weight excluding hydrogens is 324 g/mol. The smallest absolute Gasteiger partial charge is 0.247 e. The van der Waals surface area contributed by atoms with Crippen LogP contribution in [0, 0.1) is 0 Å². The number of fused-ring (bicyclic) bond motifs is 1. The van der Waals surface area contributed by atoms with Crippen LogP contribution in [-0.2, 0) is 9.84 Å². The number of benzene rings is 1. The maximum Gasteiger partial charge on any atom is 0.267 e. The minimum absolute atomic E-state index is 0.0344. The molecule has 8 heteroatoms. The average Bonchev–Trinajstić information content (AvgIpc) is 3.06. The first-order chi connectivity index (χ1) is 11.0. The van der Waals surface area contributed by atoms with Crippen molar-refractivity contribution in [2.45, 2.75) is 48.1 Å². The zero-order valence-corrected chi connectivity index (χ0v) is 13.0. The molecule has 1 fully saturated rings. The van der Waals surface area contributed by atoms with E-state index in [0.29, 0.717) is 0 Å². The topological polar surface area (TPSA) is 64.8 Å².